The van der Waals surface area contributed by atoms with Crippen molar-refractivity contribution < 1.29 is 23.1 Å². The van der Waals surface area contributed by atoms with E-state index in [0.717, 1.165) is 67.4 Å². The van der Waals surface area contributed by atoms with Gasteiger partial charge in [0.05, 0.1) is 5.56 Å². The number of alkyl halides is 3. The summed E-state index contributed by atoms with van der Waals surface area (Å²) in [6, 6.07) is 9.72. The minimum Gasteiger partial charge on any atom is -0.508 e. The minimum atomic E-state index is -4.38. The summed E-state index contributed by atoms with van der Waals surface area (Å²) in [5.41, 5.74) is 1.78. The van der Waals surface area contributed by atoms with Crippen molar-refractivity contribution in [1.82, 2.24) is 10.3 Å². The average Bonchev–Trinajstić information content (AvgIpc) is 3.11. The number of aromatic amines is 1. The molecule has 166 valence electrons. The lowest BCUT2D eigenvalue weighted by molar-refractivity contribution is -0.137. The van der Waals surface area contributed by atoms with Gasteiger partial charge in [-0.2, -0.15) is 13.2 Å². The number of phenolic OH excluding ortho intramolecular Hbond substituents is 1. The van der Waals surface area contributed by atoms with Crippen molar-refractivity contribution in [3.05, 3.63) is 59.8 Å². The van der Waals surface area contributed by atoms with E-state index in [1.165, 1.54) is 12.1 Å². The molecule has 1 amide bonds. The molecule has 0 aliphatic rings. The Bertz CT molecular complexity index is 997. The number of amides is 1. The predicted octanol–water partition coefficient (Wildman–Crippen LogP) is 5.22. The van der Waals surface area contributed by atoms with E-state index in [1.54, 1.807) is 12.1 Å². The van der Waals surface area contributed by atoms with Gasteiger partial charge in [0.15, 0.2) is 0 Å². The lowest BCUT2D eigenvalue weighted by Gasteiger charge is -2.09. The fourth-order valence-electron chi connectivity index (χ4n) is 3.40. The summed E-state index contributed by atoms with van der Waals surface area (Å²) in [7, 11) is 0. The third-order valence-electron chi connectivity index (χ3n) is 5.08. The van der Waals surface area contributed by atoms with Gasteiger partial charge in [-0.15, -0.1) is 0 Å². The van der Waals surface area contributed by atoms with Crippen LogP contribution in [-0.4, -0.2) is 29.1 Å². The molecule has 0 aliphatic heterocycles. The van der Waals surface area contributed by atoms with E-state index in [-0.39, 0.29) is 11.7 Å². The summed E-state index contributed by atoms with van der Waals surface area (Å²) in [4.78, 5) is 15.1. The molecule has 3 rings (SSSR count). The molecule has 2 aromatic carbocycles. The molecule has 1 aromatic heterocycles. The highest BCUT2D eigenvalue weighted by Crippen LogP contribution is 2.29. The molecule has 0 fully saturated rings. The lowest BCUT2D eigenvalue weighted by Crippen LogP contribution is -2.18. The number of anilines is 1. The molecule has 3 aromatic rings. The number of phenols is 1. The second kappa shape index (κ2) is 10.3. The van der Waals surface area contributed by atoms with Crippen molar-refractivity contribution in [2.24, 2.45) is 0 Å². The van der Waals surface area contributed by atoms with Crippen molar-refractivity contribution in [2.75, 3.05) is 18.4 Å². The third kappa shape index (κ3) is 6.75. The minimum absolute atomic E-state index is 0.199. The van der Waals surface area contributed by atoms with E-state index in [9.17, 15) is 23.1 Å². The maximum absolute atomic E-state index is 12.5. The van der Waals surface area contributed by atoms with Crippen molar-refractivity contribution in [3.8, 4) is 5.75 Å². The first kappa shape index (κ1) is 22.7. The normalized spacial score (nSPS) is 11.7. The molecule has 0 aliphatic carbocycles. The number of carbonyl (C=O) groups is 1. The Hall–Kier alpha value is -3.00. The summed E-state index contributed by atoms with van der Waals surface area (Å²) < 4.78 is 37.6. The topological polar surface area (TPSA) is 77.2 Å². The monoisotopic (exact) mass is 433 g/mol. The zero-order valence-electron chi connectivity index (χ0n) is 17.1. The Morgan fingerprint density at radius 3 is 2.52 bits per heavy atom. The molecule has 0 atom stereocenters. The lowest BCUT2D eigenvalue weighted by atomic mass is 10.1. The van der Waals surface area contributed by atoms with Crippen molar-refractivity contribution in [1.29, 1.82) is 0 Å². The van der Waals surface area contributed by atoms with Crippen LogP contribution in [0.25, 0.3) is 10.9 Å². The number of aromatic nitrogens is 1. The van der Waals surface area contributed by atoms with Gasteiger partial charge >= 0.3 is 6.18 Å². The Labute approximate surface area is 178 Å². The van der Waals surface area contributed by atoms with Gasteiger partial charge in [0.25, 0.3) is 0 Å². The van der Waals surface area contributed by atoms with Gasteiger partial charge in [0.2, 0.25) is 5.91 Å². The maximum Gasteiger partial charge on any atom is 0.416 e. The Morgan fingerprint density at radius 1 is 1.00 bits per heavy atom. The van der Waals surface area contributed by atoms with E-state index in [4.69, 9.17) is 0 Å². The second-order valence-electron chi connectivity index (χ2n) is 7.48. The molecule has 0 bridgehead atoms. The maximum atomic E-state index is 12.5. The number of nitrogens with one attached hydrogen (secondary N) is 3. The largest absolute Gasteiger partial charge is 0.508 e. The SMILES string of the molecule is O=C(CCCCCNCCc1c[nH]c2ccc(O)cc12)Nc1ccc(C(F)(F)F)cc1. The molecule has 0 spiro atoms. The molecule has 0 unspecified atom stereocenters. The van der Waals surface area contributed by atoms with Crippen LogP contribution in [0.4, 0.5) is 18.9 Å². The van der Waals surface area contributed by atoms with Gasteiger partial charge in [-0.1, -0.05) is 6.42 Å². The summed E-state index contributed by atoms with van der Waals surface area (Å²) in [5, 5.41) is 16.7. The number of hydrogen-bond donors (Lipinski definition) is 4. The van der Waals surface area contributed by atoms with Crippen LogP contribution in [0.2, 0.25) is 0 Å². The molecule has 31 heavy (non-hydrogen) atoms. The number of rotatable bonds is 10. The molecule has 4 N–H and O–H groups in total. The molecular formula is C23H26F3N3O2. The van der Waals surface area contributed by atoms with Crippen LogP contribution >= 0.6 is 0 Å². The first-order valence-electron chi connectivity index (χ1n) is 10.3. The molecule has 1 heterocycles. The number of aromatic hydroxyl groups is 1. The van der Waals surface area contributed by atoms with Crippen LogP contribution in [-0.2, 0) is 17.4 Å². The number of H-pyrrole nitrogens is 1. The van der Waals surface area contributed by atoms with Crippen molar-refractivity contribution in [3.63, 3.8) is 0 Å². The van der Waals surface area contributed by atoms with Gasteiger partial charge in [-0.05, 0) is 80.4 Å². The van der Waals surface area contributed by atoms with Gasteiger partial charge < -0.3 is 20.7 Å². The molecule has 0 saturated carbocycles. The molecule has 5 nitrogen and oxygen atoms in total. The van der Waals surface area contributed by atoms with E-state index >= 15 is 0 Å². The highest BCUT2D eigenvalue weighted by molar-refractivity contribution is 5.90. The third-order valence-corrected chi connectivity index (χ3v) is 5.08. The number of benzene rings is 2. The number of fused-ring (bicyclic) bond motifs is 1. The van der Waals surface area contributed by atoms with Crippen molar-refractivity contribution in [2.45, 2.75) is 38.3 Å². The van der Waals surface area contributed by atoms with E-state index in [2.05, 4.69) is 15.6 Å². The average molecular weight is 433 g/mol. The van der Waals surface area contributed by atoms with Crippen LogP contribution in [0.3, 0.4) is 0 Å². The van der Waals surface area contributed by atoms with Gasteiger partial charge in [0, 0.05) is 29.2 Å². The Morgan fingerprint density at radius 2 is 1.77 bits per heavy atom. The van der Waals surface area contributed by atoms with Crippen LogP contribution in [0, 0.1) is 0 Å². The van der Waals surface area contributed by atoms with E-state index in [1.807, 2.05) is 12.3 Å². The van der Waals surface area contributed by atoms with Crippen LogP contribution in [0.15, 0.2) is 48.7 Å². The molecular weight excluding hydrogens is 407 g/mol. The van der Waals surface area contributed by atoms with Gasteiger partial charge in [-0.3, -0.25) is 4.79 Å². The number of hydrogen-bond acceptors (Lipinski definition) is 3. The highest BCUT2D eigenvalue weighted by atomic mass is 19.4. The standard InChI is InChI=1S/C23H26F3N3O2/c24-23(25,26)17-5-7-18(8-6-17)29-22(31)4-2-1-3-12-27-13-11-16-15-28-21-10-9-19(30)14-20(16)21/h5-10,14-15,27-28,30H,1-4,11-13H2,(H,29,31). The van der Waals surface area contributed by atoms with Gasteiger partial charge in [0.1, 0.15) is 5.75 Å². The number of halogens is 3. The quantitative estimate of drug-likeness (QED) is 0.331. The first-order chi connectivity index (χ1) is 14.8. The van der Waals surface area contributed by atoms with E-state index < -0.39 is 11.7 Å². The molecule has 0 radical (unpaired) electrons. The van der Waals surface area contributed by atoms with Crippen LogP contribution in [0.5, 0.6) is 5.75 Å². The van der Waals surface area contributed by atoms with Gasteiger partial charge in [-0.25, -0.2) is 0 Å². The second-order valence-corrected chi connectivity index (χ2v) is 7.48. The van der Waals surface area contributed by atoms with Crippen molar-refractivity contribution >= 4 is 22.5 Å². The number of unbranched alkanes of at least 4 members (excludes halogenated alkanes) is 2. The fourth-order valence-corrected chi connectivity index (χ4v) is 3.40. The highest BCUT2D eigenvalue weighted by Gasteiger charge is 2.29. The van der Waals surface area contributed by atoms with E-state index in [0.29, 0.717) is 12.1 Å². The smallest absolute Gasteiger partial charge is 0.416 e. The Balaban J connectivity index is 1.26. The fraction of sp³-hybridized carbons (Fsp3) is 0.348. The summed E-state index contributed by atoms with van der Waals surface area (Å²) in [5.74, 6) is 0.0546. The number of carbonyl (C=O) groups excluding carboxylic acids is 1. The zero-order valence-corrected chi connectivity index (χ0v) is 17.1. The predicted molar refractivity (Wildman–Crippen MR) is 115 cm³/mol. The molecule has 8 heteroatoms. The Kier molecular flexibility index (Phi) is 7.57. The summed E-state index contributed by atoms with van der Waals surface area (Å²) >= 11 is 0. The summed E-state index contributed by atoms with van der Waals surface area (Å²) in [6.45, 7) is 1.66. The zero-order chi connectivity index (χ0) is 22.3. The summed E-state index contributed by atoms with van der Waals surface area (Å²) in [6.07, 6.45) is 1.29. The van der Waals surface area contributed by atoms with Crippen LogP contribution < -0.4 is 10.6 Å². The molecule has 0 saturated heterocycles. The first-order valence-corrected chi connectivity index (χ1v) is 10.3. The van der Waals surface area contributed by atoms with Crippen LogP contribution in [0.1, 0.15) is 36.8 Å².